The molecule has 0 unspecified atom stereocenters. The van der Waals surface area contributed by atoms with Crippen LogP contribution in [0.25, 0.3) is 0 Å². The van der Waals surface area contributed by atoms with Gasteiger partial charge in [-0.25, -0.2) is 0 Å². The second kappa shape index (κ2) is 6.07. The smallest absolute Gasteiger partial charge is 0.209 e. The number of phenols is 1. The number of para-hydroxylation sites is 1. The quantitative estimate of drug-likeness (QED) is 0.661. The minimum Gasteiger partial charge on any atom is -0.508 e. The van der Waals surface area contributed by atoms with E-state index >= 15 is 0 Å². The minimum atomic E-state index is 0.0917. The fourth-order valence-electron chi connectivity index (χ4n) is 3.19. The normalized spacial score (nSPS) is 15.6. The van der Waals surface area contributed by atoms with Crippen LogP contribution in [-0.2, 0) is 5.41 Å². The predicted molar refractivity (Wildman–Crippen MR) is 93.2 cm³/mol. The Morgan fingerprint density at radius 1 is 1.04 bits per heavy atom. The minimum absolute atomic E-state index is 0.0917. The summed E-state index contributed by atoms with van der Waals surface area (Å²) in [5, 5.41) is 9.28. The number of rotatable bonds is 5. The van der Waals surface area contributed by atoms with E-state index in [4.69, 9.17) is 4.74 Å². The summed E-state index contributed by atoms with van der Waals surface area (Å²) in [4.78, 5) is 0. The third kappa shape index (κ3) is 2.96. The van der Waals surface area contributed by atoms with Gasteiger partial charge in [-0.2, -0.15) is 4.58 Å². The molecular formula is C20H24NO2+. The highest BCUT2D eigenvalue weighted by atomic mass is 16.5. The van der Waals surface area contributed by atoms with E-state index in [1.165, 1.54) is 17.0 Å². The molecule has 2 aromatic carbocycles. The molecule has 2 aromatic rings. The van der Waals surface area contributed by atoms with E-state index in [2.05, 4.69) is 49.6 Å². The molecule has 3 nitrogen and oxygen atoms in total. The standard InChI is InChI=1S/C20H23NO2/c1-15-20(2,3)18-7-4-5-8-19(18)21(15)13-6-14-23-17-11-9-16(22)10-12-17/h4-5,7-12H,6,13-14H2,1-3H3/p+1. The van der Waals surface area contributed by atoms with Gasteiger partial charge < -0.3 is 9.84 Å². The monoisotopic (exact) mass is 310 g/mol. The zero-order valence-corrected chi connectivity index (χ0v) is 14.0. The van der Waals surface area contributed by atoms with Crippen LogP contribution in [0.2, 0.25) is 0 Å². The number of ether oxygens (including phenoxy) is 1. The lowest BCUT2D eigenvalue weighted by atomic mass is 9.82. The average Bonchev–Trinajstić information content (AvgIpc) is 2.74. The van der Waals surface area contributed by atoms with Gasteiger partial charge in [-0.15, -0.1) is 0 Å². The molecule has 1 aliphatic heterocycles. The molecule has 3 heteroatoms. The van der Waals surface area contributed by atoms with E-state index in [1.54, 1.807) is 24.3 Å². The third-order valence-corrected chi connectivity index (χ3v) is 4.81. The van der Waals surface area contributed by atoms with Crippen molar-refractivity contribution in [3.05, 3.63) is 54.1 Å². The van der Waals surface area contributed by atoms with Gasteiger partial charge in [0.2, 0.25) is 5.69 Å². The first-order valence-electron chi connectivity index (χ1n) is 8.13. The maximum atomic E-state index is 9.28. The Hall–Kier alpha value is -2.29. The molecule has 1 heterocycles. The van der Waals surface area contributed by atoms with Crippen molar-refractivity contribution in [2.75, 3.05) is 13.2 Å². The van der Waals surface area contributed by atoms with Crippen LogP contribution < -0.4 is 4.74 Å². The molecule has 1 N–H and O–H groups in total. The Morgan fingerprint density at radius 2 is 1.74 bits per heavy atom. The van der Waals surface area contributed by atoms with Gasteiger partial charge in [-0.1, -0.05) is 18.2 Å². The predicted octanol–water partition coefficient (Wildman–Crippen LogP) is 4.26. The number of nitrogens with zero attached hydrogens (tertiary/aromatic N) is 1. The van der Waals surface area contributed by atoms with Gasteiger partial charge in [0.1, 0.15) is 11.5 Å². The average molecular weight is 310 g/mol. The summed E-state index contributed by atoms with van der Waals surface area (Å²) >= 11 is 0. The highest BCUT2D eigenvalue weighted by Gasteiger charge is 2.42. The summed E-state index contributed by atoms with van der Waals surface area (Å²) in [5.74, 6) is 1.06. The van der Waals surface area contributed by atoms with Gasteiger partial charge in [-0.3, -0.25) is 0 Å². The van der Waals surface area contributed by atoms with Crippen molar-refractivity contribution in [2.45, 2.75) is 32.6 Å². The summed E-state index contributed by atoms with van der Waals surface area (Å²) in [7, 11) is 0. The summed E-state index contributed by atoms with van der Waals surface area (Å²) in [6.45, 7) is 8.41. The first-order chi connectivity index (χ1) is 11.0. The van der Waals surface area contributed by atoms with Crippen molar-refractivity contribution in [1.82, 2.24) is 0 Å². The van der Waals surface area contributed by atoms with Gasteiger partial charge in [0.05, 0.1) is 12.0 Å². The summed E-state index contributed by atoms with van der Waals surface area (Å²) in [6.07, 6.45) is 0.947. The SMILES string of the molecule is CC1=[N+](CCCOc2ccc(O)cc2)c2ccccc2C1(C)C. The molecule has 0 aromatic heterocycles. The zero-order chi connectivity index (χ0) is 16.4. The van der Waals surface area contributed by atoms with Crippen LogP contribution in [-0.4, -0.2) is 28.5 Å². The Labute approximate surface area is 137 Å². The molecule has 0 amide bonds. The Morgan fingerprint density at radius 3 is 2.48 bits per heavy atom. The van der Waals surface area contributed by atoms with Crippen LogP contribution in [0.1, 0.15) is 32.8 Å². The van der Waals surface area contributed by atoms with Gasteiger partial charge >= 0.3 is 0 Å². The number of aromatic hydroxyl groups is 1. The van der Waals surface area contributed by atoms with Crippen molar-refractivity contribution in [3.63, 3.8) is 0 Å². The maximum Gasteiger partial charge on any atom is 0.209 e. The molecule has 0 saturated heterocycles. The highest BCUT2D eigenvalue weighted by Crippen LogP contribution is 2.39. The molecular weight excluding hydrogens is 286 g/mol. The number of benzene rings is 2. The van der Waals surface area contributed by atoms with E-state index in [0.29, 0.717) is 6.61 Å². The van der Waals surface area contributed by atoms with E-state index < -0.39 is 0 Å². The molecule has 23 heavy (non-hydrogen) atoms. The summed E-state index contributed by atoms with van der Waals surface area (Å²) in [5.41, 5.74) is 4.20. The van der Waals surface area contributed by atoms with E-state index in [0.717, 1.165) is 18.7 Å². The van der Waals surface area contributed by atoms with Crippen molar-refractivity contribution in [2.24, 2.45) is 0 Å². The van der Waals surface area contributed by atoms with Crippen molar-refractivity contribution < 1.29 is 14.4 Å². The van der Waals surface area contributed by atoms with Crippen LogP contribution in [0.3, 0.4) is 0 Å². The fourth-order valence-corrected chi connectivity index (χ4v) is 3.19. The number of fused-ring (bicyclic) bond motifs is 1. The Bertz CT molecular complexity index is 730. The van der Waals surface area contributed by atoms with Crippen LogP contribution in [0.5, 0.6) is 11.5 Å². The Balaban J connectivity index is 1.64. The molecule has 0 radical (unpaired) electrons. The summed E-state index contributed by atoms with van der Waals surface area (Å²) in [6, 6.07) is 15.5. The molecule has 0 bridgehead atoms. The van der Waals surface area contributed by atoms with Gasteiger partial charge in [0, 0.05) is 25.0 Å². The topological polar surface area (TPSA) is 32.5 Å². The van der Waals surface area contributed by atoms with Crippen LogP contribution in [0, 0.1) is 0 Å². The zero-order valence-electron chi connectivity index (χ0n) is 14.0. The van der Waals surface area contributed by atoms with Crippen molar-refractivity contribution >= 4 is 11.4 Å². The third-order valence-electron chi connectivity index (χ3n) is 4.81. The van der Waals surface area contributed by atoms with E-state index in [-0.39, 0.29) is 11.2 Å². The lowest BCUT2D eigenvalue weighted by molar-refractivity contribution is -0.439. The maximum absolute atomic E-state index is 9.28. The molecule has 0 aliphatic carbocycles. The largest absolute Gasteiger partial charge is 0.508 e. The summed E-state index contributed by atoms with van der Waals surface area (Å²) < 4.78 is 8.16. The number of phenolic OH excluding ortho intramolecular Hbond substituents is 1. The molecule has 120 valence electrons. The van der Waals surface area contributed by atoms with Crippen LogP contribution in [0.15, 0.2) is 48.5 Å². The van der Waals surface area contributed by atoms with Crippen molar-refractivity contribution in [1.29, 1.82) is 0 Å². The molecule has 0 fully saturated rings. The lowest BCUT2D eigenvalue weighted by Gasteiger charge is -2.14. The van der Waals surface area contributed by atoms with Gasteiger partial charge in [0.15, 0.2) is 12.3 Å². The Kier molecular flexibility index (Phi) is 4.12. The fraction of sp³-hybridized carbons (Fsp3) is 0.350. The molecule has 0 atom stereocenters. The first kappa shape index (κ1) is 15.6. The molecule has 1 aliphatic rings. The van der Waals surface area contributed by atoms with Crippen molar-refractivity contribution in [3.8, 4) is 11.5 Å². The lowest BCUT2D eigenvalue weighted by Crippen LogP contribution is -2.27. The highest BCUT2D eigenvalue weighted by molar-refractivity contribution is 5.93. The van der Waals surface area contributed by atoms with Crippen LogP contribution >= 0.6 is 0 Å². The number of hydrogen-bond acceptors (Lipinski definition) is 2. The second-order valence-electron chi connectivity index (χ2n) is 6.58. The van der Waals surface area contributed by atoms with E-state index in [1.807, 2.05) is 0 Å². The van der Waals surface area contributed by atoms with E-state index in [9.17, 15) is 5.11 Å². The van der Waals surface area contributed by atoms with Gasteiger partial charge in [0.25, 0.3) is 0 Å². The number of hydrogen-bond donors (Lipinski definition) is 1. The molecule has 0 saturated carbocycles. The first-order valence-corrected chi connectivity index (χ1v) is 8.13. The molecule has 0 spiro atoms. The second-order valence-corrected chi connectivity index (χ2v) is 6.58. The van der Waals surface area contributed by atoms with Gasteiger partial charge in [-0.05, 0) is 38.1 Å². The van der Waals surface area contributed by atoms with Crippen LogP contribution in [0.4, 0.5) is 5.69 Å². The molecule has 3 rings (SSSR count).